The van der Waals surface area contributed by atoms with Crippen LogP contribution in [0.25, 0.3) is 0 Å². The lowest BCUT2D eigenvalue weighted by Gasteiger charge is -2.03. The number of nitrogens with one attached hydrogen (secondary N) is 2. The zero-order valence-electron chi connectivity index (χ0n) is 10.7. The number of nitrogen functional groups attached to an aromatic ring is 1. The first-order valence-electron chi connectivity index (χ1n) is 5.89. The maximum atomic E-state index is 12.0. The largest absolute Gasteiger partial charge is 0.398 e. The number of H-pyrrole nitrogens is 1. The summed E-state index contributed by atoms with van der Waals surface area (Å²) >= 11 is 5.88. The quantitative estimate of drug-likeness (QED) is 0.755. The predicted octanol–water partition coefficient (Wildman–Crippen LogP) is 3.02. The third-order valence-corrected chi connectivity index (χ3v) is 3.05. The number of carbonyl (C=O) groups excluding carboxylic acids is 1. The van der Waals surface area contributed by atoms with Gasteiger partial charge in [-0.2, -0.15) is 5.10 Å². The van der Waals surface area contributed by atoms with E-state index in [-0.39, 0.29) is 5.91 Å². The molecule has 0 aliphatic carbocycles. The van der Waals surface area contributed by atoms with E-state index >= 15 is 0 Å². The summed E-state index contributed by atoms with van der Waals surface area (Å²) < 4.78 is 0. The first-order chi connectivity index (χ1) is 8.97. The number of carbonyl (C=O) groups is 1. The van der Waals surface area contributed by atoms with Crippen LogP contribution in [-0.2, 0) is 0 Å². The molecule has 1 heterocycles. The first-order valence-corrected chi connectivity index (χ1v) is 6.27. The normalized spacial score (nSPS) is 10.7. The molecule has 0 atom stereocenters. The minimum Gasteiger partial charge on any atom is -0.398 e. The second-order valence-corrected chi connectivity index (χ2v) is 4.96. The Labute approximate surface area is 116 Å². The monoisotopic (exact) mass is 278 g/mol. The molecular formula is C13H15ClN4O. The van der Waals surface area contributed by atoms with Gasteiger partial charge >= 0.3 is 0 Å². The summed E-state index contributed by atoms with van der Waals surface area (Å²) in [7, 11) is 0. The third kappa shape index (κ3) is 3.06. The molecule has 0 radical (unpaired) electrons. The number of rotatable bonds is 3. The molecule has 0 spiro atoms. The lowest BCUT2D eigenvalue weighted by atomic mass is 10.1. The molecule has 5 nitrogen and oxygen atoms in total. The van der Waals surface area contributed by atoms with Crippen molar-refractivity contribution in [3.8, 4) is 0 Å². The minimum absolute atomic E-state index is 0.274. The van der Waals surface area contributed by atoms with Crippen LogP contribution in [0.2, 0.25) is 5.02 Å². The summed E-state index contributed by atoms with van der Waals surface area (Å²) in [6, 6.07) is 6.55. The summed E-state index contributed by atoms with van der Waals surface area (Å²) in [5.74, 6) is 0.537. The van der Waals surface area contributed by atoms with Crippen molar-refractivity contribution in [3.63, 3.8) is 0 Å². The number of nitrogens with zero attached hydrogens (tertiary/aromatic N) is 1. The first kappa shape index (κ1) is 13.4. The van der Waals surface area contributed by atoms with Gasteiger partial charge < -0.3 is 11.1 Å². The number of halogens is 1. The van der Waals surface area contributed by atoms with Crippen molar-refractivity contribution >= 4 is 29.0 Å². The predicted molar refractivity (Wildman–Crippen MR) is 76.5 cm³/mol. The average Bonchev–Trinajstić information content (AvgIpc) is 2.81. The van der Waals surface area contributed by atoms with Crippen molar-refractivity contribution in [1.29, 1.82) is 0 Å². The van der Waals surface area contributed by atoms with Crippen LogP contribution in [0, 0.1) is 0 Å². The van der Waals surface area contributed by atoms with Crippen LogP contribution in [-0.4, -0.2) is 16.1 Å². The SMILES string of the molecule is CC(C)c1cc(NC(=O)c2ccc(N)c(Cl)c2)n[nH]1. The highest BCUT2D eigenvalue weighted by Gasteiger charge is 2.11. The van der Waals surface area contributed by atoms with Crippen molar-refractivity contribution < 1.29 is 4.79 Å². The van der Waals surface area contributed by atoms with Crippen LogP contribution in [0.4, 0.5) is 11.5 Å². The number of aromatic amines is 1. The van der Waals surface area contributed by atoms with E-state index in [0.29, 0.717) is 28.0 Å². The molecule has 0 aliphatic rings. The van der Waals surface area contributed by atoms with Gasteiger partial charge in [-0.15, -0.1) is 0 Å². The molecule has 0 saturated carbocycles. The number of aromatic nitrogens is 2. The van der Waals surface area contributed by atoms with Gasteiger partial charge in [0.05, 0.1) is 10.7 Å². The van der Waals surface area contributed by atoms with E-state index in [1.54, 1.807) is 12.1 Å². The number of hydrogen-bond acceptors (Lipinski definition) is 3. The standard InChI is InChI=1S/C13H15ClN4O/c1-7(2)11-6-12(18-17-11)16-13(19)8-3-4-10(15)9(14)5-8/h3-7H,15H2,1-2H3,(H2,16,17,18,19). The van der Waals surface area contributed by atoms with Crippen LogP contribution in [0.15, 0.2) is 24.3 Å². The molecule has 6 heteroatoms. The number of benzene rings is 1. The Morgan fingerprint density at radius 1 is 1.42 bits per heavy atom. The molecular weight excluding hydrogens is 264 g/mol. The molecule has 0 bridgehead atoms. The van der Waals surface area contributed by atoms with Gasteiger partial charge in [-0.1, -0.05) is 25.4 Å². The van der Waals surface area contributed by atoms with Crippen LogP contribution in [0.5, 0.6) is 0 Å². The number of nitrogens with two attached hydrogens (primary N) is 1. The Balaban J connectivity index is 2.13. The number of hydrogen-bond donors (Lipinski definition) is 3. The zero-order chi connectivity index (χ0) is 14.0. The fourth-order valence-corrected chi connectivity index (χ4v) is 1.73. The molecule has 0 unspecified atom stereocenters. The smallest absolute Gasteiger partial charge is 0.256 e. The Hall–Kier alpha value is -2.01. The lowest BCUT2D eigenvalue weighted by Crippen LogP contribution is -2.12. The van der Waals surface area contributed by atoms with Gasteiger partial charge in [0.1, 0.15) is 0 Å². The second kappa shape index (κ2) is 5.32. The van der Waals surface area contributed by atoms with Gasteiger partial charge in [0.25, 0.3) is 5.91 Å². The maximum Gasteiger partial charge on any atom is 0.256 e. The number of anilines is 2. The molecule has 0 aliphatic heterocycles. The van der Waals surface area contributed by atoms with Gasteiger partial charge in [-0.3, -0.25) is 9.89 Å². The van der Waals surface area contributed by atoms with Crippen molar-refractivity contribution in [2.45, 2.75) is 19.8 Å². The van der Waals surface area contributed by atoms with Crippen LogP contribution >= 0.6 is 11.6 Å². The van der Waals surface area contributed by atoms with Crippen LogP contribution in [0.1, 0.15) is 35.8 Å². The van der Waals surface area contributed by atoms with Crippen molar-refractivity contribution in [2.24, 2.45) is 0 Å². The van der Waals surface area contributed by atoms with Gasteiger partial charge in [0.15, 0.2) is 5.82 Å². The fourth-order valence-electron chi connectivity index (χ4n) is 1.55. The van der Waals surface area contributed by atoms with Crippen molar-refractivity contribution in [2.75, 3.05) is 11.1 Å². The van der Waals surface area contributed by atoms with E-state index in [9.17, 15) is 4.79 Å². The summed E-state index contributed by atoms with van der Waals surface area (Å²) in [5, 5.41) is 9.96. The topological polar surface area (TPSA) is 83.8 Å². The summed E-state index contributed by atoms with van der Waals surface area (Å²) in [6.07, 6.45) is 0. The zero-order valence-corrected chi connectivity index (χ0v) is 11.5. The van der Waals surface area contributed by atoms with E-state index in [1.807, 2.05) is 19.9 Å². The van der Waals surface area contributed by atoms with Gasteiger partial charge in [0.2, 0.25) is 0 Å². The van der Waals surface area contributed by atoms with Crippen molar-refractivity contribution in [1.82, 2.24) is 10.2 Å². The Kier molecular flexibility index (Phi) is 3.76. The highest BCUT2D eigenvalue weighted by molar-refractivity contribution is 6.33. The molecule has 2 rings (SSSR count). The maximum absolute atomic E-state index is 12.0. The molecule has 1 aromatic carbocycles. The lowest BCUT2D eigenvalue weighted by molar-refractivity contribution is 0.102. The summed E-state index contributed by atoms with van der Waals surface area (Å²) in [5.41, 5.74) is 7.44. The van der Waals surface area contributed by atoms with E-state index in [1.165, 1.54) is 6.07 Å². The minimum atomic E-state index is -0.274. The second-order valence-electron chi connectivity index (χ2n) is 4.55. The van der Waals surface area contributed by atoms with Gasteiger partial charge in [-0.25, -0.2) is 0 Å². The molecule has 1 amide bonds. The highest BCUT2D eigenvalue weighted by Crippen LogP contribution is 2.21. The molecule has 0 fully saturated rings. The van der Waals surface area contributed by atoms with Gasteiger partial charge in [0, 0.05) is 17.3 Å². The van der Waals surface area contributed by atoms with E-state index in [0.717, 1.165) is 5.69 Å². The third-order valence-electron chi connectivity index (χ3n) is 2.72. The fraction of sp³-hybridized carbons (Fsp3) is 0.231. The Bertz CT molecular complexity index is 606. The Morgan fingerprint density at radius 2 is 2.16 bits per heavy atom. The van der Waals surface area contributed by atoms with E-state index in [4.69, 9.17) is 17.3 Å². The molecule has 4 N–H and O–H groups in total. The van der Waals surface area contributed by atoms with E-state index in [2.05, 4.69) is 15.5 Å². The summed E-state index contributed by atoms with van der Waals surface area (Å²) in [4.78, 5) is 12.0. The molecule has 1 aromatic heterocycles. The van der Waals surface area contributed by atoms with Crippen molar-refractivity contribution in [3.05, 3.63) is 40.5 Å². The van der Waals surface area contributed by atoms with Gasteiger partial charge in [-0.05, 0) is 24.1 Å². The Morgan fingerprint density at radius 3 is 2.74 bits per heavy atom. The average molecular weight is 279 g/mol. The van der Waals surface area contributed by atoms with Crippen LogP contribution in [0.3, 0.4) is 0 Å². The van der Waals surface area contributed by atoms with Crippen LogP contribution < -0.4 is 11.1 Å². The molecule has 2 aromatic rings. The molecule has 100 valence electrons. The summed E-state index contributed by atoms with van der Waals surface area (Å²) in [6.45, 7) is 4.08. The number of amides is 1. The molecule has 19 heavy (non-hydrogen) atoms. The van der Waals surface area contributed by atoms with E-state index < -0.39 is 0 Å². The molecule has 0 saturated heterocycles. The highest BCUT2D eigenvalue weighted by atomic mass is 35.5.